The monoisotopic (exact) mass is 408 g/mol. The van der Waals surface area contributed by atoms with Gasteiger partial charge in [-0.1, -0.05) is 36.0 Å². The predicted octanol–water partition coefficient (Wildman–Crippen LogP) is 4.08. The van der Waals surface area contributed by atoms with Crippen LogP contribution < -0.4 is 5.32 Å². The molecule has 9 heteroatoms. The quantitative estimate of drug-likeness (QED) is 0.810. The van der Waals surface area contributed by atoms with Crippen molar-refractivity contribution in [3.05, 3.63) is 65.2 Å². The molecule has 0 saturated carbocycles. The molecule has 5 nitrogen and oxygen atoms in total. The van der Waals surface area contributed by atoms with Crippen LogP contribution in [0, 0.1) is 0 Å². The second-order valence-corrected chi connectivity index (χ2v) is 7.08. The van der Waals surface area contributed by atoms with Crippen molar-refractivity contribution in [3.8, 4) is 0 Å². The highest BCUT2D eigenvalue weighted by molar-refractivity contribution is 8.14. The highest BCUT2D eigenvalue weighted by atomic mass is 32.2. The van der Waals surface area contributed by atoms with E-state index in [0.29, 0.717) is 11.3 Å². The number of benzene rings is 2. The van der Waals surface area contributed by atoms with Gasteiger partial charge in [-0.05, 0) is 35.4 Å². The Bertz CT molecular complexity index is 880. The minimum Gasteiger partial charge on any atom is -0.326 e. The summed E-state index contributed by atoms with van der Waals surface area (Å²) in [5.74, 6) is -0.450. The zero-order valence-electron chi connectivity index (χ0n) is 14.5. The van der Waals surface area contributed by atoms with Gasteiger partial charge in [-0.25, -0.2) is 0 Å². The van der Waals surface area contributed by atoms with Crippen LogP contribution in [0.3, 0.4) is 0 Å². The first-order chi connectivity index (χ1) is 13.2. The number of hydrogen-bond donors (Lipinski definition) is 1. The van der Waals surface area contributed by atoms with Gasteiger partial charge in [0.2, 0.25) is 11.8 Å². The molecule has 2 aromatic carbocycles. The minimum absolute atomic E-state index is 0.0616. The second-order valence-electron chi connectivity index (χ2n) is 6.15. The number of halogens is 3. The van der Waals surface area contributed by atoms with Crippen molar-refractivity contribution in [1.82, 2.24) is 4.90 Å². The molecule has 1 N–H and O–H groups in total. The summed E-state index contributed by atoms with van der Waals surface area (Å²) in [6.07, 6.45) is -4.47. The lowest BCUT2D eigenvalue weighted by Crippen LogP contribution is -2.27. The average Bonchev–Trinajstić information content (AvgIpc) is 2.95. The highest BCUT2D eigenvalue weighted by Crippen LogP contribution is 2.29. The summed E-state index contributed by atoms with van der Waals surface area (Å²) in [6.45, 7) is 0.171. The number of carbonyl (C=O) groups is 3. The Kier molecular flexibility index (Phi) is 5.73. The number of alkyl halides is 3. The topological polar surface area (TPSA) is 66.5 Å². The van der Waals surface area contributed by atoms with E-state index in [4.69, 9.17) is 0 Å². The summed E-state index contributed by atoms with van der Waals surface area (Å²) in [6, 6.07) is 11.1. The molecule has 1 aliphatic heterocycles. The molecule has 0 unspecified atom stereocenters. The molecule has 1 aliphatic rings. The van der Waals surface area contributed by atoms with Gasteiger partial charge in [0.15, 0.2) is 0 Å². The number of hydrogen-bond acceptors (Lipinski definition) is 4. The van der Waals surface area contributed by atoms with E-state index in [1.807, 2.05) is 0 Å². The maximum Gasteiger partial charge on any atom is 0.416 e. The normalized spacial score (nSPS) is 14.5. The molecule has 3 rings (SSSR count). The SMILES string of the molecule is O=C(Cc1ccc(C(F)(F)F)cc1)Nc1ccc(CN2C(=O)CSC2=O)cc1. The van der Waals surface area contributed by atoms with Gasteiger partial charge < -0.3 is 5.32 Å². The number of thioether (sulfide) groups is 1. The van der Waals surface area contributed by atoms with Gasteiger partial charge >= 0.3 is 6.18 Å². The fourth-order valence-corrected chi connectivity index (χ4v) is 3.34. The molecule has 1 saturated heterocycles. The fraction of sp³-hybridized carbons (Fsp3) is 0.211. The largest absolute Gasteiger partial charge is 0.416 e. The fourth-order valence-electron chi connectivity index (χ4n) is 2.61. The summed E-state index contributed by atoms with van der Waals surface area (Å²) in [5.41, 5.74) is 0.949. The molecule has 0 spiro atoms. The van der Waals surface area contributed by atoms with Crippen LogP contribution in [0.2, 0.25) is 0 Å². The van der Waals surface area contributed by atoms with E-state index in [2.05, 4.69) is 5.32 Å². The molecule has 2 aromatic rings. The summed E-state index contributed by atoms with van der Waals surface area (Å²) >= 11 is 0.965. The third-order valence-electron chi connectivity index (χ3n) is 4.06. The van der Waals surface area contributed by atoms with Gasteiger partial charge in [0, 0.05) is 5.69 Å². The molecule has 0 radical (unpaired) electrons. The lowest BCUT2D eigenvalue weighted by Gasteiger charge is -2.13. The Morgan fingerprint density at radius 1 is 1.00 bits per heavy atom. The number of nitrogens with zero attached hydrogens (tertiary/aromatic N) is 1. The van der Waals surface area contributed by atoms with E-state index < -0.39 is 11.7 Å². The van der Waals surface area contributed by atoms with Crippen molar-refractivity contribution in [3.63, 3.8) is 0 Å². The van der Waals surface area contributed by atoms with E-state index in [-0.39, 0.29) is 35.8 Å². The Morgan fingerprint density at radius 3 is 2.14 bits per heavy atom. The standard InChI is InChI=1S/C19H15F3N2O3S/c20-19(21,22)14-5-1-12(2-6-14)9-16(25)23-15-7-3-13(4-8-15)10-24-17(26)11-28-18(24)27/h1-8H,9-11H2,(H,23,25). The second kappa shape index (κ2) is 8.05. The number of carbonyl (C=O) groups excluding carboxylic acids is 3. The molecule has 146 valence electrons. The van der Waals surface area contributed by atoms with E-state index in [1.165, 1.54) is 17.0 Å². The maximum atomic E-state index is 12.6. The van der Waals surface area contributed by atoms with Crippen LogP contribution in [0.15, 0.2) is 48.5 Å². The van der Waals surface area contributed by atoms with Crippen molar-refractivity contribution >= 4 is 34.5 Å². The minimum atomic E-state index is -4.41. The summed E-state index contributed by atoms with van der Waals surface area (Å²) < 4.78 is 37.7. The van der Waals surface area contributed by atoms with Gasteiger partial charge in [-0.3, -0.25) is 19.3 Å². The Hall–Kier alpha value is -2.81. The van der Waals surface area contributed by atoms with E-state index in [0.717, 1.165) is 29.5 Å². The van der Waals surface area contributed by atoms with Crippen LogP contribution in [0.5, 0.6) is 0 Å². The molecule has 0 aromatic heterocycles. The summed E-state index contributed by atoms with van der Waals surface area (Å²) in [5, 5.41) is 2.38. The van der Waals surface area contributed by atoms with Gasteiger partial charge in [0.1, 0.15) is 0 Å². The molecular weight excluding hydrogens is 393 g/mol. The number of rotatable bonds is 5. The van der Waals surface area contributed by atoms with Crippen molar-refractivity contribution in [2.75, 3.05) is 11.1 Å². The van der Waals surface area contributed by atoms with Crippen LogP contribution in [-0.4, -0.2) is 27.7 Å². The first kappa shape index (κ1) is 19.9. The van der Waals surface area contributed by atoms with Crippen molar-refractivity contribution in [2.45, 2.75) is 19.1 Å². The van der Waals surface area contributed by atoms with Crippen LogP contribution in [-0.2, 0) is 28.7 Å². The van der Waals surface area contributed by atoms with Crippen LogP contribution in [0.4, 0.5) is 23.7 Å². The Balaban J connectivity index is 1.55. The highest BCUT2D eigenvalue weighted by Gasteiger charge is 2.30. The molecule has 0 atom stereocenters. The van der Waals surface area contributed by atoms with Gasteiger partial charge in [-0.2, -0.15) is 13.2 Å². The van der Waals surface area contributed by atoms with Gasteiger partial charge in [0.25, 0.3) is 5.24 Å². The predicted molar refractivity (Wildman–Crippen MR) is 98.6 cm³/mol. The molecule has 1 fully saturated rings. The number of imide groups is 1. The molecule has 28 heavy (non-hydrogen) atoms. The zero-order chi connectivity index (χ0) is 20.3. The number of anilines is 1. The lowest BCUT2D eigenvalue weighted by atomic mass is 10.1. The number of amides is 3. The van der Waals surface area contributed by atoms with E-state index in [1.54, 1.807) is 24.3 Å². The number of nitrogens with one attached hydrogen (secondary N) is 1. The lowest BCUT2D eigenvalue weighted by molar-refractivity contribution is -0.137. The molecule has 1 heterocycles. The molecule has 3 amide bonds. The van der Waals surface area contributed by atoms with Crippen molar-refractivity contribution in [1.29, 1.82) is 0 Å². The van der Waals surface area contributed by atoms with E-state index >= 15 is 0 Å². The Labute approximate surface area is 162 Å². The van der Waals surface area contributed by atoms with Crippen LogP contribution >= 0.6 is 11.8 Å². The summed E-state index contributed by atoms with van der Waals surface area (Å²) in [4.78, 5) is 36.5. The maximum absolute atomic E-state index is 12.6. The first-order valence-electron chi connectivity index (χ1n) is 8.24. The van der Waals surface area contributed by atoms with Gasteiger partial charge in [-0.15, -0.1) is 0 Å². The summed E-state index contributed by atoms with van der Waals surface area (Å²) in [7, 11) is 0. The van der Waals surface area contributed by atoms with E-state index in [9.17, 15) is 27.6 Å². The van der Waals surface area contributed by atoms with Crippen molar-refractivity contribution in [2.24, 2.45) is 0 Å². The first-order valence-corrected chi connectivity index (χ1v) is 9.23. The Morgan fingerprint density at radius 2 is 1.61 bits per heavy atom. The third kappa shape index (κ3) is 4.92. The third-order valence-corrected chi connectivity index (χ3v) is 4.92. The molecule has 0 bridgehead atoms. The zero-order valence-corrected chi connectivity index (χ0v) is 15.3. The van der Waals surface area contributed by atoms with Crippen LogP contribution in [0.1, 0.15) is 16.7 Å². The van der Waals surface area contributed by atoms with Crippen LogP contribution in [0.25, 0.3) is 0 Å². The molecule has 0 aliphatic carbocycles. The van der Waals surface area contributed by atoms with Crippen molar-refractivity contribution < 1.29 is 27.6 Å². The van der Waals surface area contributed by atoms with Gasteiger partial charge in [0.05, 0.1) is 24.3 Å². The average molecular weight is 408 g/mol. The molecular formula is C19H15F3N2O3S. The smallest absolute Gasteiger partial charge is 0.326 e.